The van der Waals surface area contributed by atoms with Crippen molar-refractivity contribution in [3.8, 4) is 0 Å². The first-order chi connectivity index (χ1) is 9.70. The molecule has 0 bridgehead atoms. The molecule has 0 radical (unpaired) electrons. The Hall–Kier alpha value is -0.900. The first kappa shape index (κ1) is 15.5. The van der Waals surface area contributed by atoms with Crippen LogP contribution in [0.25, 0.3) is 0 Å². The van der Waals surface area contributed by atoms with Crippen LogP contribution in [0.1, 0.15) is 18.9 Å². The van der Waals surface area contributed by atoms with Gasteiger partial charge < -0.3 is 15.1 Å². The van der Waals surface area contributed by atoms with Gasteiger partial charge in [-0.15, -0.1) is 0 Å². The second kappa shape index (κ2) is 7.77. The summed E-state index contributed by atoms with van der Waals surface area (Å²) in [7, 11) is 4.52. The topological polar surface area (TPSA) is 18.5 Å². The van der Waals surface area contributed by atoms with Gasteiger partial charge in [-0.1, -0.05) is 37.3 Å². The molecule has 3 nitrogen and oxygen atoms in total. The maximum Gasteiger partial charge on any atom is 0.0376 e. The Bertz CT molecular complexity index is 379. The van der Waals surface area contributed by atoms with E-state index < -0.39 is 0 Å². The number of rotatable bonds is 5. The van der Waals surface area contributed by atoms with Crippen molar-refractivity contribution in [2.45, 2.75) is 31.8 Å². The standard InChI is InChI=1S/C17H29N3/c1-4-18-16(13-15-9-6-5-7-10-15)17-14-19(2)11-8-12-20(17)3/h5-7,9-10,16-18H,4,8,11-14H2,1-3H3. The van der Waals surface area contributed by atoms with Crippen LogP contribution in [-0.4, -0.2) is 62.2 Å². The SMILES string of the molecule is CCNC(Cc1ccccc1)C1CN(C)CCCN1C. The van der Waals surface area contributed by atoms with Crippen LogP contribution in [-0.2, 0) is 6.42 Å². The van der Waals surface area contributed by atoms with Crippen molar-refractivity contribution in [3.05, 3.63) is 35.9 Å². The van der Waals surface area contributed by atoms with Crippen molar-refractivity contribution in [3.63, 3.8) is 0 Å². The molecule has 1 fully saturated rings. The molecule has 0 aromatic heterocycles. The van der Waals surface area contributed by atoms with E-state index in [-0.39, 0.29) is 0 Å². The highest BCUT2D eigenvalue weighted by Crippen LogP contribution is 2.14. The fourth-order valence-corrected chi connectivity index (χ4v) is 3.21. The van der Waals surface area contributed by atoms with Gasteiger partial charge in [-0.3, -0.25) is 0 Å². The number of hydrogen-bond acceptors (Lipinski definition) is 3. The van der Waals surface area contributed by atoms with Gasteiger partial charge in [-0.25, -0.2) is 0 Å². The molecule has 112 valence electrons. The van der Waals surface area contributed by atoms with Gasteiger partial charge in [-0.05, 0) is 52.1 Å². The van der Waals surface area contributed by atoms with Gasteiger partial charge in [0.05, 0.1) is 0 Å². The molecule has 2 rings (SSSR count). The van der Waals surface area contributed by atoms with Crippen LogP contribution in [0, 0.1) is 0 Å². The number of nitrogens with zero attached hydrogens (tertiary/aromatic N) is 2. The van der Waals surface area contributed by atoms with Crippen LogP contribution in [0.15, 0.2) is 30.3 Å². The third-order valence-corrected chi connectivity index (χ3v) is 4.34. The average molecular weight is 275 g/mol. The third-order valence-electron chi connectivity index (χ3n) is 4.34. The number of benzene rings is 1. The Kier molecular flexibility index (Phi) is 6.02. The van der Waals surface area contributed by atoms with E-state index in [0.717, 1.165) is 19.5 Å². The van der Waals surface area contributed by atoms with E-state index in [4.69, 9.17) is 0 Å². The fraction of sp³-hybridized carbons (Fsp3) is 0.647. The van der Waals surface area contributed by atoms with Crippen molar-refractivity contribution >= 4 is 0 Å². The van der Waals surface area contributed by atoms with Crippen molar-refractivity contribution in [2.75, 3.05) is 40.3 Å². The predicted molar refractivity (Wildman–Crippen MR) is 86.1 cm³/mol. The summed E-state index contributed by atoms with van der Waals surface area (Å²) in [6, 6.07) is 12.0. The fourth-order valence-electron chi connectivity index (χ4n) is 3.21. The van der Waals surface area contributed by atoms with Crippen LogP contribution in [0.5, 0.6) is 0 Å². The maximum absolute atomic E-state index is 3.71. The summed E-state index contributed by atoms with van der Waals surface area (Å²) < 4.78 is 0. The van der Waals surface area contributed by atoms with Gasteiger partial charge in [0, 0.05) is 18.6 Å². The van der Waals surface area contributed by atoms with Crippen LogP contribution in [0.4, 0.5) is 0 Å². The second-order valence-corrected chi connectivity index (χ2v) is 6.02. The van der Waals surface area contributed by atoms with E-state index in [1.807, 2.05) is 0 Å². The number of nitrogens with one attached hydrogen (secondary N) is 1. The van der Waals surface area contributed by atoms with E-state index in [2.05, 4.69) is 66.5 Å². The van der Waals surface area contributed by atoms with Crippen LogP contribution >= 0.6 is 0 Å². The molecule has 0 amide bonds. The predicted octanol–water partition coefficient (Wildman–Crippen LogP) is 1.84. The molecule has 1 N–H and O–H groups in total. The lowest BCUT2D eigenvalue weighted by molar-refractivity contribution is 0.178. The van der Waals surface area contributed by atoms with Gasteiger partial charge in [-0.2, -0.15) is 0 Å². The largest absolute Gasteiger partial charge is 0.312 e. The minimum absolute atomic E-state index is 0.521. The summed E-state index contributed by atoms with van der Waals surface area (Å²) >= 11 is 0. The minimum Gasteiger partial charge on any atom is -0.312 e. The Morgan fingerprint density at radius 3 is 2.65 bits per heavy atom. The minimum atomic E-state index is 0.521. The summed E-state index contributed by atoms with van der Waals surface area (Å²) in [4.78, 5) is 5.02. The zero-order valence-corrected chi connectivity index (χ0v) is 13.2. The second-order valence-electron chi connectivity index (χ2n) is 6.02. The van der Waals surface area contributed by atoms with E-state index in [9.17, 15) is 0 Å². The Morgan fingerprint density at radius 1 is 1.20 bits per heavy atom. The third kappa shape index (κ3) is 4.30. The number of likely N-dealkylation sites (N-methyl/N-ethyl adjacent to an activating group) is 3. The first-order valence-corrected chi connectivity index (χ1v) is 7.86. The highest BCUT2D eigenvalue weighted by molar-refractivity contribution is 5.16. The zero-order valence-electron chi connectivity index (χ0n) is 13.2. The average Bonchev–Trinajstić information content (AvgIpc) is 2.61. The van der Waals surface area contributed by atoms with Gasteiger partial charge >= 0.3 is 0 Å². The molecule has 0 aliphatic carbocycles. The first-order valence-electron chi connectivity index (χ1n) is 7.86. The molecule has 3 heteroatoms. The molecule has 0 spiro atoms. The van der Waals surface area contributed by atoms with E-state index >= 15 is 0 Å². The molecule has 1 aromatic rings. The molecule has 2 atom stereocenters. The molecule has 2 unspecified atom stereocenters. The summed E-state index contributed by atoms with van der Waals surface area (Å²) in [6.45, 7) is 6.81. The van der Waals surface area contributed by atoms with Crippen LogP contribution in [0.2, 0.25) is 0 Å². The summed E-state index contributed by atoms with van der Waals surface area (Å²) in [5, 5.41) is 3.71. The molecule has 20 heavy (non-hydrogen) atoms. The normalized spacial score (nSPS) is 23.4. The lowest BCUT2D eigenvalue weighted by Crippen LogP contribution is -2.53. The Labute approximate surface area is 124 Å². The molecule has 1 aromatic carbocycles. The van der Waals surface area contributed by atoms with E-state index in [1.165, 1.54) is 25.1 Å². The zero-order chi connectivity index (χ0) is 14.4. The van der Waals surface area contributed by atoms with Gasteiger partial charge in [0.15, 0.2) is 0 Å². The molecule has 1 aliphatic rings. The molecule has 1 aliphatic heterocycles. The summed E-state index contributed by atoms with van der Waals surface area (Å²) in [5.41, 5.74) is 1.43. The molecule has 1 saturated heterocycles. The monoisotopic (exact) mass is 275 g/mol. The summed E-state index contributed by atoms with van der Waals surface area (Å²) in [6.07, 6.45) is 2.38. The molecule has 1 heterocycles. The molecule has 0 saturated carbocycles. The van der Waals surface area contributed by atoms with Gasteiger partial charge in [0.2, 0.25) is 0 Å². The highest BCUT2D eigenvalue weighted by atomic mass is 15.2. The maximum atomic E-state index is 3.71. The highest BCUT2D eigenvalue weighted by Gasteiger charge is 2.27. The van der Waals surface area contributed by atoms with Crippen molar-refractivity contribution in [1.82, 2.24) is 15.1 Å². The Morgan fingerprint density at radius 2 is 1.95 bits per heavy atom. The molecular weight excluding hydrogens is 246 g/mol. The van der Waals surface area contributed by atoms with Crippen LogP contribution in [0.3, 0.4) is 0 Å². The smallest absolute Gasteiger partial charge is 0.0376 e. The van der Waals surface area contributed by atoms with Crippen molar-refractivity contribution < 1.29 is 0 Å². The Balaban J connectivity index is 2.09. The van der Waals surface area contributed by atoms with Gasteiger partial charge in [0.25, 0.3) is 0 Å². The molecular formula is C17H29N3. The van der Waals surface area contributed by atoms with E-state index in [0.29, 0.717) is 12.1 Å². The van der Waals surface area contributed by atoms with E-state index in [1.54, 1.807) is 0 Å². The van der Waals surface area contributed by atoms with Crippen molar-refractivity contribution in [2.24, 2.45) is 0 Å². The van der Waals surface area contributed by atoms with Crippen molar-refractivity contribution in [1.29, 1.82) is 0 Å². The quantitative estimate of drug-likeness (QED) is 0.885. The van der Waals surface area contributed by atoms with Crippen LogP contribution < -0.4 is 5.32 Å². The summed E-state index contributed by atoms with van der Waals surface area (Å²) in [5.74, 6) is 0. The van der Waals surface area contributed by atoms with Gasteiger partial charge in [0.1, 0.15) is 0 Å². The lowest BCUT2D eigenvalue weighted by atomic mass is 9.98. The lowest BCUT2D eigenvalue weighted by Gasteiger charge is -2.35. The number of hydrogen-bond donors (Lipinski definition) is 1.